The number of aromatic amines is 1. The number of morpholine rings is 1. The summed E-state index contributed by atoms with van der Waals surface area (Å²) in [5.41, 5.74) is 1.61. The van der Waals surface area contributed by atoms with Crippen molar-refractivity contribution in [1.82, 2.24) is 19.9 Å². The molecule has 2 atom stereocenters. The van der Waals surface area contributed by atoms with Crippen molar-refractivity contribution in [3.8, 4) is 0 Å². The highest BCUT2D eigenvalue weighted by Gasteiger charge is 2.24. The zero-order valence-electron chi connectivity index (χ0n) is 9.92. The smallest absolute Gasteiger partial charge is 0.182 e. The number of ether oxygens (including phenoxy) is 1. The maximum atomic E-state index is 5.72. The van der Waals surface area contributed by atoms with Crippen molar-refractivity contribution in [2.75, 3.05) is 18.0 Å². The molecule has 1 fully saturated rings. The van der Waals surface area contributed by atoms with Gasteiger partial charge in [0.25, 0.3) is 0 Å². The molecule has 90 valence electrons. The number of anilines is 1. The predicted molar refractivity (Wildman–Crippen MR) is 63.9 cm³/mol. The number of nitrogens with one attached hydrogen (secondary N) is 1. The average Bonchev–Trinajstić information content (AvgIpc) is 2.75. The van der Waals surface area contributed by atoms with E-state index in [1.807, 2.05) is 0 Å². The maximum absolute atomic E-state index is 5.72. The fraction of sp³-hybridized carbons (Fsp3) is 0.545. The van der Waals surface area contributed by atoms with E-state index in [1.165, 1.54) is 0 Å². The molecule has 1 aliphatic heterocycles. The van der Waals surface area contributed by atoms with Crippen LogP contribution in [0.3, 0.4) is 0 Å². The lowest BCUT2D eigenvalue weighted by Gasteiger charge is -2.36. The zero-order valence-corrected chi connectivity index (χ0v) is 9.92. The van der Waals surface area contributed by atoms with Gasteiger partial charge in [-0.3, -0.25) is 0 Å². The second-order valence-electron chi connectivity index (χ2n) is 4.46. The minimum atomic E-state index is 0.215. The number of imidazole rings is 1. The molecule has 0 bridgehead atoms. The van der Waals surface area contributed by atoms with E-state index in [-0.39, 0.29) is 12.2 Å². The molecule has 1 saturated heterocycles. The molecule has 0 unspecified atom stereocenters. The molecule has 3 rings (SSSR count). The molecule has 17 heavy (non-hydrogen) atoms. The van der Waals surface area contributed by atoms with Crippen LogP contribution in [0.5, 0.6) is 0 Å². The van der Waals surface area contributed by atoms with Gasteiger partial charge in [0.15, 0.2) is 11.5 Å². The number of nitrogens with zero attached hydrogens (tertiary/aromatic N) is 4. The van der Waals surface area contributed by atoms with Crippen LogP contribution < -0.4 is 4.90 Å². The number of hydrogen-bond donors (Lipinski definition) is 1. The first-order chi connectivity index (χ1) is 8.24. The molecular weight excluding hydrogens is 218 g/mol. The highest BCUT2D eigenvalue weighted by atomic mass is 16.5. The van der Waals surface area contributed by atoms with Crippen LogP contribution in [0.25, 0.3) is 11.2 Å². The molecule has 1 aliphatic rings. The lowest BCUT2D eigenvalue weighted by atomic mass is 10.2. The van der Waals surface area contributed by atoms with Gasteiger partial charge in [-0.2, -0.15) is 0 Å². The lowest BCUT2D eigenvalue weighted by Crippen LogP contribution is -2.46. The van der Waals surface area contributed by atoms with Gasteiger partial charge < -0.3 is 14.6 Å². The van der Waals surface area contributed by atoms with Gasteiger partial charge in [0.1, 0.15) is 11.8 Å². The van der Waals surface area contributed by atoms with Crippen molar-refractivity contribution in [2.45, 2.75) is 26.1 Å². The van der Waals surface area contributed by atoms with Gasteiger partial charge in [-0.25, -0.2) is 15.0 Å². The Kier molecular flexibility index (Phi) is 2.44. The van der Waals surface area contributed by atoms with Gasteiger partial charge in [-0.1, -0.05) is 0 Å². The van der Waals surface area contributed by atoms with Gasteiger partial charge in [0, 0.05) is 13.1 Å². The second-order valence-corrected chi connectivity index (χ2v) is 4.46. The van der Waals surface area contributed by atoms with Crippen molar-refractivity contribution < 1.29 is 4.74 Å². The van der Waals surface area contributed by atoms with Crippen LogP contribution in [0.15, 0.2) is 12.7 Å². The van der Waals surface area contributed by atoms with E-state index in [0.29, 0.717) is 5.65 Å². The molecule has 3 heterocycles. The third-order valence-electron chi connectivity index (χ3n) is 2.92. The summed E-state index contributed by atoms with van der Waals surface area (Å²) in [6.45, 7) is 5.84. The van der Waals surface area contributed by atoms with Crippen molar-refractivity contribution in [1.29, 1.82) is 0 Å². The normalized spacial score (nSPS) is 25.4. The van der Waals surface area contributed by atoms with E-state index in [4.69, 9.17) is 4.74 Å². The summed E-state index contributed by atoms with van der Waals surface area (Å²) in [6, 6.07) is 0. The standard InChI is InChI=1S/C11H15N5O/c1-7-3-16(4-8(2)17-7)11-9-10(13-5-12-9)14-6-15-11/h5-8H,3-4H2,1-2H3,(H,12,13,14,15)/t7-,8-/m0/s1. The SMILES string of the molecule is C[C@H]1CN(c2ncnc3nc[nH]c23)C[C@H](C)O1. The number of rotatable bonds is 1. The van der Waals surface area contributed by atoms with Gasteiger partial charge in [-0.15, -0.1) is 0 Å². The van der Waals surface area contributed by atoms with Crippen molar-refractivity contribution in [3.63, 3.8) is 0 Å². The Morgan fingerprint density at radius 1 is 1.24 bits per heavy atom. The summed E-state index contributed by atoms with van der Waals surface area (Å²) in [7, 11) is 0. The first-order valence-electron chi connectivity index (χ1n) is 5.78. The fourth-order valence-corrected chi connectivity index (χ4v) is 2.34. The number of H-pyrrole nitrogens is 1. The largest absolute Gasteiger partial charge is 0.372 e. The third kappa shape index (κ3) is 1.84. The van der Waals surface area contributed by atoms with Crippen LogP contribution in [-0.2, 0) is 4.74 Å². The Morgan fingerprint density at radius 3 is 2.76 bits per heavy atom. The molecule has 6 heteroatoms. The minimum absolute atomic E-state index is 0.215. The van der Waals surface area contributed by atoms with Gasteiger partial charge >= 0.3 is 0 Å². The zero-order chi connectivity index (χ0) is 11.8. The highest BCUT2D eigenvalue weighted by molar-refractivity contribution is 5.82. The van der Waals surface area contributed by atoms with E-state index in [1.54, 1.807) is 12.7 Å². The maximum Gasteiger partial charge on any atom is 0.182 e. The number of hydrogen-bond acceptors (Lipinski definition) is 5. The van der Waals surface area contributed by atoms with Gasteiger partial charge in [0.2, 0.25) is 0 Å². The summed E-state index contributed by atoms with van der Waals surface area (Å²) >= 11 is 0. The van der Waals surface area contributed by atoms with Crippen molar-refractivity contribution in [2.24, 2.45) is 0 Å². The van der Waals surface area contributed by atoms with Gasteiger partial charge in [-0.05, 0) is 13.8 Å². The highest BCUT2D eigenvalue weighted by Crippen LogP contribution is 2.23. The van der Waals surface area contributed by atoms with Crippen molar-refractivity contribution >= 4 is 17.0 Å². The second kappa shape index (κ2) is 3.96. The Morgan fingerprint density at radius 2 is 2.00 bits per heavy atom. The summed E-state index contributed by atoms with van der Waals surface area (Å²) in [5.74, 6) is 0.912. The molecule has 1 N–H and O–H groups in total. The Bertz CT molecular complexity index is 515. The van der Waals surface area contributed by atoms with Crippen LogP contribution in [0.4, 0.5) is 5.82 Å². The molecule has 2 aromatic heterocycles. The topological polar surface area (TPSA) is 66.9 Å². The molecule has 0 saturated carbocycles. The summed E-state index contributed by atoms with van der Waals surface area (Å²) in [4.78, 5) is 18.0. The summed E-state index contributed by atoms with van der Waals surface area (Å²) in [5, 5.41) is 0. The third-order valence-corrected chi connectivity index (χ3v) is 2.92. The Balaban J connectivity index is 2.00. The summed E-state index contributed by atoms with van der Waals surface area (Å²) in [6.07, 6.45) is 3.64. The molecule has 0 amide bonds. The van der Waals surface area contributed by atoms with Crippen LogP contribution in [-0.4, -0.2) is 45.2 Å². The molecule has 0 spiro atoms. The van der Waals surface area contributed by atoms with E-state index in [0.717, 1.165) is 24.4 Å². The Hall–Kier alpha value is -1.69. The molecule has 2 aromatic rings. The monoisotopic (exact) mass is 233 g/mol. The van der Waals surface area contributed by atoms with Crippen molar-refractivity contribution in [3.05, 3.63) is 12.7 Å². The van der Waals surface area contributed by atoms with E-state index in [2.05, 4.69) is 38.7 Å². The number of fused-ring (bicyclic) bond motifs is 1. The molecular formula is C11H15N5O. The van der Waals surface area contributed by atoms with Crippen LogP contribution in [0.1, 0.15) is 13.8 Å². The summed E-state index contributed by atoms with van der Waals surface area (Å²) < 4.78 is 5.72. The first-order valence-corrected chi connectivity index (χ1v) is 5.78. The lowest BCUT2D eigenvalue weighted by molar-refractivity contribution is -0.00538. The Labute approximate surface area is 99.0 Å². The predicted octanol–water partition coefficient (Wildman–Crippen LogP) is 0.967. The first kappa shape index (κ1) is 10.5. The number of aromatic nitrogens is 4. The molecule has 0 aliphatic carbocycles. The molecule has 6 nitrogen and oxygen atoms in total. The average molecular weight is 233 g/mol. The minimum Gasteiger partial charge on any atom is -0.372 e. The molecule has 0 aromatic carbocycles. The quantitative estimate of drug-likeness (QED) is 0.794. The molecule has 0 radical (unpaired) electrons. The van der Waals surface area contributed by atoms with Crippen LogP contribution in [0.2, 0.25) is 0 Å². The van der Waals surface area contributed by atoms with E-state index >= 15 is 0 Å². The van der Waals surface area contributed by atoms with E-state index < -0.39 is 0 Å². The fourth-order valence-electron chi connectivity index (χ4n) is 2.34. The van der Waals surface area contributed by atoms with Crippen LogP contribution >= 0.6 is 0 Å². The van der Waals surface area contributed by atoms with Gasteiger partial charge in [0.05, 0.1) is 18.5 Å². The van der Waals surface area contributed by atoms with E-state index in [9.17, 15) is 0 Å². The van der Waals surface area contributed by atoms with Crippen LogP contribution in [0, 0.1) is 0 Å².